The van der Waals surface area contributed by atoms with Crippen molar-refractivity contribution in [2.75, 3.05) is 39.3 Å². The molecule has 128 valence electrons. The zero-order valence-corrected chi connectivity index (χ0v) is 14.2. The highest BCUT2D eigenvalue weighted by molar-refractivity contribution is 5.76. The summed E-state index contributed by atoms with van der Waals surface area (Å²) < 4.78 is 5.46. The van der Waals surface area contributed by atoms with Crippen molar-refractivity contribution in [2.24, 2.45) is 5.92 Å². The second kappa shape index (κ2) is 8.85. The Morgan fingerprint density at radius 3 is 2.59 bits per heavy atom. The van der Waals surface area contributed by atoms with Crippen LogP contribution in [-0.4, -0.2) is 72.4 Å². The fourth-order valence-electron chi connectivity index (χ4n) is 3.37. The quantitative estimate of drug-likeness (QED) is 0.774. The lowest BCUT2D eigenvalue weighted by atomic mass is 9.95. The van der Waals surface area contributed by atoms with Gasteiger partial charge in [-0.1, -0.05) is 0 Å². The van der Waals surface area contributed by atoms with Crippen LogP contribution in [0.3, 0.4) is 0 Å². The van der Waals surface area contributed by atoms with Gasteiger partial charge in [0.25, 0.3) is 0 Å². The lowest BCUT2D eigenvalue weighted by Crippen LogP contribution is -2.44. The molecule has 1 N–H and O–H groups in total. The number of amides is 1. The number of piperidine rings is 2. The minimum Gasteiger partial charge on any atom is -0.389 e. The van der Waals surface area contributed by atoms with Gasteiger partial charge in [0.1, 0.15) is 0 Å². The Balaban J connectivity index is 1.64. The first-order chi connectivity index (χ1) is 10.5. The number of aliphatic hydroxyl groups excluding tert-OH is 1. The van der Waals surface area contributed by atoms with E-state index >= 15 is 0 Å². The van der Waals surface area contributed by atoms with Gasteiger partial charge in [-0.05, 0) is 58.5 Å². The molecule has 1 amide bonds. The number of nitrogens with zero attached hydrogens (tertiary/aromatic N) is 2. The van der Waals surface area contributed by atoms with Crippen LogP contribution in [-0.2, 0) is 9.53 Å². The van der Waals surface area contributed by atoms with Crippen LogP contribution in [0.15, 0.2) is 0 Å². The molecular weight excluding hydrogens is 280 g/mol. The molecular formula is C17H32N2O3. The molecule has 2 aliphatic heterocycles. The number of hydrogen-bond acceptors (Lipinski definition) is 4. The van der Waals surface area contributed by atoms with Crippen molar-refractivity contribution in [1.29, 1.82) is 0 Å². The second-order valence-corrected chi connectivity index (χ2v) is 7.08. The Morgan fingerprint density at radius 2 is 1.95 bits per heavy atom. The smallest absolute Gasteiger partial charge is 0.222 e. The van der Waals surface area contributed by atoms with Gasteiger partial charge in [0.15, 0.2) is 0 Å². The Kier molecular flexibility index (Phi) is 7.12. The highest BCUT2D eigenvalue weighted by Gasteiger charge is 2.25. The molecule has 0 aliphatic carbocycles. The molecule has 1 atom stereocenters. The molecule has 5 nitrogen and oxygen atoms in total. The largest absolute Gasteiger partial charge is 0.389 e. The highest BCUT2D eigenvalue weighted by Crippen LogP contribution is 2.21. The Hall–Kier alpha value is -0.650. The van der Waals surface area contributed by atoms with E-state index < -0.39 is 6.10 Å². The van der Waals surface area contributed by atoms with Gasteiger partial charge < -0.3 is 19.6 Å². The number of ether oxygens (including phenoxy) is 1. The number of aliphatic hydroxyl groups is 1. The first kappa shape index (κ1) is 17.7. The average Bonchev–Trinajstić information content (AvgIpc) is 2.49. The van der Waals surface area contributed by atoms with E-state index in [9.17, 15) is 9.90 Å². The summed E-state index contributed by atoms with van der Waals surface area (Å²) in [5.74, 6) is 0.970. The monoisotopic (exact) mass is 312 g/mol. The van der Waals surface area contributed by atoms with E-state index in [0.29, 0.717) is 25.0 Å². The fraction of sp³-hybridized carbons (Fsp3) is 0.941. The van der Waals surface area contributed by atoms with E-state index in [-0.39, 0.29) is 6.10 Å². The van der Waals surface area contributed by atoms with Crippen LogP contribution in [0.1, 0.15) is 46.0 Å². The van der Waals surface area contributed by atoms with Crippen LogP contribution in [0, 0.1) is 5.92 Å². The van der Waals surface area contributed by atoms with Crippen LogP contribution < -0.4 is 0 Å². The molecule has 2 fully saturated rings. The maximum absolute atomic E-state index is 11.9. The topological polar surface area (TPSA) is 53.0 Å². The molecule has 2 aliphatic rings. The summed E-state index contributed by atoms with van der Waals surface area (Å²) in [5.41, 5.74) is 0. The van der Waals surface area contributed by atoms with Crippen LogP contribution in [0.25, 0.3) is 0 Å². The number of carbonyl (C=O) groups is 1. The predicted octanol–water partition coefficient (Wildman–Crippen LogP) is 1.50. The fourth-order valence-corrected chi connectivity index (χ4v) is 3.37. The number of hydrogen-bond donors (Lipinski definition) is 1. The molecule has 0 spiro atoms. The summed E-state index contributed by atoms with van der Waals surface area (Å²) in [7, 11) is 0. The molecule has 0 aromatic rings. The molecule has 0 saturated carbocycles. The van der Waals surface area contributed by atoms with Crippen molar-refractivity contribution in [3.63, 3.8) is 0 Å². The lowest BCUT2D eigenvalue weighted by molar-refractivity contribution is -0.134. The average molecular weight is 312 g/mol. The van der Waals surface area contributed by atoms with Gasteiger partial charge in [-0.25, -0.2) is 0 Å². The molecule has 0 aromatic carbocycles. The molecule has 0 bridgehead atoms. The van der Waals surface area contributed by atoms with Crippen LogP contribution in [0.5, 0.6) is 0 Å². The van der Waals surface area contributed by atoms with Crippen molar-refractivity contribution < 1.29 is 14.6 Å². The standard InChI is InChI=1S/C17H32N2O3/c1-14(2)22-13-16(20)12-18-9-6-15(7-10-18)11-19-8-4-3-5-17(19)21/h14-16,20H,3-13H2,1-2H3/t16-/m0/s1. The third-order valence-corrected chi connectivity index (χ3v) is 4.70. The molecule has 0 unspecified atom stereocenters. The van der Waals surface area contributed by atoms with Crippen LogP contribution in [0.4, 0.5) is 0 Å². The normalized spacial score (nSPS) is 23.3. The highest BCUT2D eigenvalue weighted by atomic mass is 16.5. The summed E-state index contributed by atoms with van der Waals surface area (Å²) in [6.07, 6.45) is 4.98. The van der Waals surface area contributed by atoms with E-state index in [4.69, 9.17) is 4.74 Å². The Morgan fingerprint density at radius 1 is 1.23 bits per heavy atom. The van der Waals surface area contributed by atoms with Crippen molar-refractivity contribution in [3.8, 4) is 0 Å². The van der Waals surface area contributed by atoms with Gasteiger partial charge in [0, 0.05) is 26.1 Å². The van der Waals surface area contributed by atoms with Gasteiger partial charge in [0.05, 0.1) is 18.8 Å². The maximum atomic E-state index is 11.9. The van der Waals surface area contributed by atoms with Crippen LogP contribution >= 0.6 is 0 Å². The van der Waals surface area contributed by atoms with E-state index in [0.717, 1.165) is 58.3 Å². The van der Waals surface area contributed by atoms with Gasteiger partial charge in [0.2, 0.25) is 5.91 Å². The summed E-state index contributed by atoms with van der Waals surface area (Å²) in [4.78, 5) is 16.3. The van der Waals surface area contributed by atoms with Gasteiger partial charge in [-0.2, -0.15) is 0 Å². The number of carbonyl (C=O) groups excluding carboxylic acids is 1. The molecule has 2 heterocycles. The Labute approximate surface area is 134 Å². The molecule has 0 aromatic heterocycles. The van der Waals surface area contributed by atoms with Crippen molar-refractivity contribution in [1.82, 2.24) is 9.80 Å². The third kappa shape index (κ3) is 5.86. The molecule has 5 heteroatoms. The second-order valence-electron chi connectivity index (χ2n) is 7.08. The lowest BCUT2D eigenvalue weighted by Gasteiger charge is -2.36. The minimum atomic E-state index is -0.400. The minimum absolute atomic E-state index is 0.169. The zero-order valence-electron chi connectivity index (χ0n) is 14.2. The van der Waals surface area contributed by atoms with E-state index in [1.807, 2.05) is 13.8 Å². The van der Waals surface area contributed by atoms with E-state index in [1.54, 1.807) is 0 Å². The van der Waals surface area contributed by atoms with Gasteiger partial charge in [-0.3, -0.25) is 4.79 Å². The van der Waals surface area contributed by atoms with E-state index in [2.05, 4.69) is 9.80 Å². The molecule has 0 radical (unpaired) electrons. The first-order valence-electron chi connectivity index (χ1n) is 8.84. The predicted molar refractivity (Wildman–Crippen MR) is 86.7 cm³/mol. The van der Waals surface area contributed by atoms with Crippen molar-refractivity contribution in [3.05, 3.63) is 0 Å². The first-order valence-corrected chi connectivity index (χ1v) is 8.84. The molecule has 2 rings (SSSR count). The van der Waals surface area contributed by atoms with Gasteiger partial charge >= 0.3 is 0 Å². The summed E-state index contributed by atoms with van der Waals surface area (Å²) in [6.45, 7) is 9.01. The Bertz CT molecular complexity index is 341. The number of β-amino-alcohol motifs (C(OH)–C–C–N with tert-alkyl or cyclic N) is 1. The third-order valence-electron chi connectivity index (χ3n) is 4.70. The van der Waals surface area contributed by atoms with Crippen molar-refractivity contribution >= 4 is 5.91 Å². The molecule has 2 saturated heterocycles. The maximum Gasteiger partial charge on any atom is 0.222 e. The van der Waals surface area contributed by atoms with Crippen LogP contribution in [0.2, 0.25) is 0 Å². The molecule has 22 heavy (non-hydrogen) atoms. The summed E-state index contributed by atoms with van der Waals surface area (Å²) in [5, 5.41) is 9.99. The van der Waals surface area contributed by atoms with Crippen molar-refractivity contribution in [2.45, 2.75) is 58.2 Å². The summed E-state index contributed by atoms with van der Waals surface area (Å²) >= 11 is 0. The number of likely N-dealkylation sites (tertiary alicyclic amines) is 2. The van der Waals surface area contributed by atoms with Gasteiger partial charge in [-0.15, -0.1) is 0 Å². The zero-order chi connectivity index (χ0) is 15.9. The summed E-state index contributed by atoms with van der Waals surface area (Å²) in [6, 6.07) is 0. The van der Waals surface area contributed by atoms with E-state index in [1.165, 1.54) is 0 Å². The SMILES string of the molecule is CC(C)OC[C@@H](O)CN1CCC(CN2CCCCC2=O)CC1. The number of rotatable bonds is 7.